The molecular formula is C24H24N2O3S. The van der Waals surface area contributed by atoms with Gasteiger partial charge in [-0.2, -0.15) is 0 Å². The Hall–Kier alpha value is -2.86. The molecule has 3 aromatic rings. The number of aromatic nitrogens is 1. The second-order valence-electron chi connectivity index (χ2n) is 7.81. The van der Waals surface area contributed by atoms with E-state index in [1.165, 1.54) is 4.70 Å². The molecule has 3 unspecified atom stereocenters. The van der Waals surface area contributed by atoms with Crippen molar-refractivity contribution in [3.63, 3.8) is 0 Å². The number of carbonyl (C=O) groups is 1. The molecule has 2 aliphatic rings. The fourth-order valence-corrected chi connectivity index (χ4v) is 5.30. The molecule has 0 radical (unpaired) electrons. The van der Waals surface area contributed by atoms with Gasteiger partial charge >= 0.3 is 0 Å². The van der Waals surface area contributed by atoms with Crippen LogP contribution < -0.4 is 14.8 Å². The van der Waals surface area contributed by atoms with Gasteiger partial charge in [0.2, 0.25) is 5.91 Å². The van der Waals surface area contributed by atoms with E-state index >= 15 is 0 Å². The molecule has 3 atom stereocenters. The summed E-state index contributed by atoms with van der Waals surface area (Å²) in [7, 11) is 0. The number of nitrogens with zero attached hydrogens (tertiary/aromatic N) is 1. The van der Waals surface area contributed by atoms with Crippen LogP contribution in [-0.2, 0) is 4.79 Å². The Morgan fingerprint density at radius 3 is 2.77 bits per heavy atom. The van der Waals surface area contributed by atoms with Crippen molar-refractivity contribution in [1.29, 1.82) is 0 Å². The zero-order chi connectivity index (χ0) is 20.5. The highest BCUT2D eigenvalue weighted by atomic mass is 32.1. The van der Waals surface area contributed by atoms with Crippen LogP contribution in [0.2, 0.25) is 0 Å². The van der Waals surface area contributed by atoms with Gasteiger partial charge in [-0.1, -0.05) is 30.4 Å². The van der Waals surface area contributed by atoms with Gasteiger partial charge in [-0.15, -0.1) is 11.3 Å². The summed E-state index contributed by atoms with van der Waals surface area (Å²) in [6, 6.07) is 13.9. The molecule has 1 aromatic heterocycles. The summed E-state index contributed by atoms with van der Waals surface area (Å²) in [6.07, 6.45) is 5.87. The van der Waals surface area contributed by atoms with Gasteiger partial charge in [0.15, 0.2) is 11.5 Å². The van der Waals surface area contributed by atoms with Crippen molar-refractivity contribution in [2.24, 2.45) is 5.92 Å². The number of hydrogen-bond acceptors (Lipinski definition) is 5. The standard InChI is InChI=1S/C24H24N2O3S/c1-15(16-10-11-20-21(14-16)29-13-12-28-20)25-23(27)17-6-2-3-7-18(17)24-26-19-8-4-5-9-22(19)30-24/h2-5,8-11,14-15,17-18H,6-7,12-13H2,1H3,(H,25,27). The van der Waals surface area contributed by atoms with Crippen LogP contribution in [0.4, 0.5) is 0 Å². The van der Waals surface area contributed by atoms with Gasteiger partial charge in [0, 0.05) is 5.92 Å². The van der Waals surface area contributed by atoms with Gasteiger partial charge < -0.3 is 14.8 Å². The monoisotopic (exact) mass is 420 g/mol. The third-order valence-corrected chi connectivity index (χ3v) is 6.99. The molecule has 2 aromatic carbocycles. The maximum absolute atomic E-state index is 13.2. The Bertz CT molecular complexity index is 1070. The maximum Gasteiger partial charge on any atom is 0.224 e. The predicted molar refractivity (Wildman–Crippen MR) is 118 cm³/mol. The molecule has 6 heteroatoms. The molecule has 0 spiro atoms. The minimum absolute atomic E-state index is 0.0750. The SMILES string of the molecule is CC(NC(=O)C1CC=CCC1c1nc2ccccc2s1)c1ccc2c(c1)OCCO2. The van der Waals surface area contributed by atoms with E-state index in [1.807, 2.05) is 43.3 Å². The minimum Gasteiger partial charge on any atom is -0.486 e. The Morgan fingerprint density at radius 2 is 1.90 bits per heavy atom. The topological polar surface area (TPSA) is 60.5 Å². The fraction of sp³-hybridized carbons (Fsp3) is 0.333. The highest BCUT2D eigenvalue weighted by Crippen LogP contribution is 2.39. The number of thiazole rings is 1. The molecule has 1 aliphatic carbocycles. The third kappa shape index (κ3) is 3.67. The lowest BCUT2D eigenvalue weighted by Gasteiger charge is -2.28. The van der Waals surface area contributed by atoms with Crippen molar-refractivity contribution < 1.29 is 14.3 Å². The van der Waals surface area contributed by atoms with Gasteiger partial charge in [0.25, 0.3) is 0 Å². The van der Waals surface area contributed by atoms with E-state index in [0.29, 0.717) is 13.2 Å². The summed E-state index contributed by atoms with van der Waals surface area (Å²) >= 11 is 1.70. The minimum atomic E-state index is -0.116. The number of benzene rings is 2. The Labute approximate surface area is 179 Å². The first kappa shape index (κ1) is 19.1. The fourth-order valence-electron chi connectivity index (χ4n) is 4.16. The van der Waals surface area contributed by atoms with Gasteiger partial charge in [-0.3, -0.25) is 4.79 Å². The lowest BCUT2D eigenvalue weighted by atomic mass is 9.82. The van der Waals surface area contributed by atoms with Crippen LogP contribution in [0.1, 0.15) is 42.3 Å². The molecule has 1 aliphatic heterocycles. The molecule has 5 nitrogen and oxygen atoms in total. The van der Waals surface area contributed by atoms with E-state index in [-0.39, 0.29) is 23.8 Å². The number of para-hydroxylation sites is 1. The van der Waals surface area contributed by atoms with E-state index in [4.69, 9.17) is 14.5 Å². The van der Waals surface area contributed by atoms with E-state index in [9.17, 15) is 4.79 Å². The van der Waals surface area contributed by atoms with E-state index in [1.54, 1.807) is 11.3 Å². The molecular weight excluding hydrogens is 396 g/mol. The number of fused-ring (bicyclic) bond motifs is 2. The van der Waals surface area contributed by atoms with Crippen LogP contribution in [0.5, 0.6) is 11.5 Å². The first-order valence-corrected chi connectivity index (χ1v) is 11.2. The highest BCUT2D eigenvalue weighted by Gasteiger charge is 2.33. The highest BCUT2D eigenvalue weighted by molar-refractivity contribution is 7.18. The second kappa shape index (κ2) is 8.11. The molecule has 154 valence electrons. The van der Waals surface area contributed by atoms with Gasteiger partial charge in [-0.25, -0.2) is 4.98 Å². The lowest BCUT2D eigenvalue weighted by Crippen LogP contribution is -2.36. The number of carbonyl (C=O) groups excluding carboxylic acids is 1. The number of nitrogens with one attached hydrogen (secondary N) is 1. The zero-order valence-corrected chi connectivity index (χ0v) is 17.7. The van der Waals surface area contributed by atoms with Crippen LogP contribution >= 0.6 is 11.3 Å². The Kier molecular flexibility index (Phi) is 5.17. The Balaban J connectivity index is 1.34. The van der Waals surface area contributed by atoms with E-state index in [0.717, 1.165) is 40.4 Å². The van der Waals surface area contributed by atoms with Crippen molar-refractivity contribution in [2.45, 2.75) is 31.7 Å². The quantitative estimate of drug-likeness (QED) is 0.604. The summed E-state index contributed by atoms with van der Waals surface area (Å²) in [5.74, 6) is 1.57. The van der Waals surface area contributed by atoms with Crippen LogP contribution in [0.25, 0.3) is 10.2 Å². The summed E-state index contributed by atoms with van der Waals surface area (Å²) in [6.45, 7) is 3.13. The van der Waals surface area contributed by atoms with Crippen molar-refractivity contribution >= 4 is 27.5 Å². The number of rotatable bonds is 4. The van der Waals surface area contributed by atoms with Crippen LogP contribution in [0.15, 0.2) is 54.6 Å². The lowest BCUT2D eigenvalue weighted by molar-refractivity contribution is -0.126. The van der Waals surface area contributed by atoms with Gasteiger partial charge in [0.1, 0.15) is 13.2 Å². The Morgan fingerprint density at radius 1 is 1.10 bits per heavy atom. The molecule has 30 heavy (non-hydrogen) atoms. The van der Waals surface area contributed by atoms with Crippen LogP contribution in [-0.4, -0.2) is 24.1 Å². The van der Waals surface area contributed by atoms with E-state index in [2.05, 4.69) is 23.5 Å². The number of allylic oxidation sites excluding steroid dienone is 2. The molecule has 1 amide bonds. The van der Waals surface area contributed by atoms with Crippen LogP contribution in [0.3, 0.4) is 0 Å². The molecule has 0 bridgehead atoms. The summed E-state index contributed by atoms with van der Waals surface area (Å²) in [5.41, 5.74) is 2.02. The normalized spacial score (nSPS) is 21.4. The molecule has 0 saturated carbocycles. The molecule has 0 fully saturated rings. The first-order valence-electron chi connectivity index (χ1n) is 10.4. The summed E-state index contributed by atoms with van der Waals surface area (Å²) in [5, 5.41) is 4.26. The largest absolute Gasteiger partial charge is 0.486 e. The number of ether oxygens (including phenoxy) is 2. The van der Waals surface area contributed by atoms with Crippen molar-refractivity contribution in [2.75, 3.05) is 13.2 Å². The molecule has 2 heterocycles. The van der Waals surface area contributed by atoms with Gasteiger partial charge in [-0.05, 0) is 49.6 Å². The third-order valence-electron chi connectivity index (χ3n) is 5.82. The average molecular weight is 421 g/mol. The number of amides is 1. The molecule has 1 N–H and O–H groups in total. The van der Waals surface area contributed by atoms with Crippen LogP contribution in [0, 0.1) is 5.92 Å². The van der Waals surface area contributed by atoms with Gasteiger partial charge in [0.05, 0.1) is 27.2 Å². The zero-order valence-electron chi connectivity index (χ0n) is 16.8. The smallest absolute Gasteiger partial charge is 0.224 e. The predicted octanol–water partition coefficient (Wildman–Crippen LogP) is 4.99. The summed E-state index contributed by atoms with van der Waals surface area (Å²) < 4.78 is 12.5. The van der Waals surface area contributed by atoms with Crippen molar-refractivity contribution in [1.82, 2.24) is 10.3 Å². The molecule has 5 rings (SSSR count). The second-order valence-corrected chi connectivity index (χ2v) is 8.87. The maximum atomic E-state index is 13.2. The number of hydrogen-bond donors (Lipinski definition) is 1. The molecule has 0 saturated heterocycles. The summed E-state index contributed by atoms with van der Waals surface area (Å²) in [4.78, 5) is 18.1. The first-order chi connectivity index (χ1) is 14.7. The average Bonchev–Trinajstić information content (AvgIpc) is 3.23. The van der Waals surface area contributed by atoms with Crippen molar-refractivity contribution in [3.05, 3.63) is 65.2 Å². The van der Waals surface area contributed by atoms with E-state index < -0.39 is 0 Å². The van der Waals surface area contributed by atoms with Crippen molar-refractivity contribution in [3.8, 4) is 11.5 Å².